The first-order valence-corrected chi connectivity index (χ1v) is 6.39. The molecule has 1 fully saturated rings. The van der Waals surface area contributed by atoms with Crippen LogP contribution in [0.2, 0.25) is 0 Å². The number of carboxylic acid groups (broad SMARTS) is 1. The summed E-state index contributed by atoms with van der Waals surface area (Å²) in [4.78, 5) is 10.6. The Morgan fingerprint density at radius 1 is 1.28 bits per heavy atom. The highest BCUT2D eigenvalue weighted by Crippen LogP contribution is 2.26. The van der Waals surface area contributed by atoms with Gasteiger partial charge in [0, 0.05) is 17.8 Å². The van der Waals surface area contributed by atoms with Crippen LogP contribution in [0.5, 0.6) is 0 Å². The van der Waals surface area contributed by atoms with Crippen LogP contribution in [-0.4, -0.2) is 17.1 Å². The van der Waals surface area contributed by atoms with E-state index in [4.69, 9.17) is 5.11 Å². The van der Waals surface area contributed by atoms with Crippen molar-refractivity contribution in [2.75, 3.05) is 5.32 Å². The average Bonchev–Trinajstić information content (AvgIpc) is 2.34. The molecule has 1 aromatic rings. The summed E-state index contributed by atoms with van der Waals surface area (Å²) in [6.45, 7) is 2.08. The van der Waals surface area contributed by atoms with Gasteiger partial charge < -0.3 is 10.4 Å². The highest BCUT2D eigenvalue weighted by molar-refractivity contribution is 5.80. The van der Waals surface area contributed by atoms with E-state index in [-0.39, 0.29) is 0 Å². The molecule has 1 aliphatic rings. The van der Waals surface area contributed by atoms with E-state index < -0.39 is 5.97 Å². The molecule has 3 heteroatoms. The Morgan fingerprint density at radius 3 is 2.44 bits per heavy atom. The van der Waals surface area contributed by atoms with Gasteiger partial charge in [-0.15, -0.1) is 0 Å². The number of hydrogen-bond donors (Lipinski definition) is 2. The van der Waals surface area contributed by atoms with Crippen LogP contribution in [0.25, 0.3) is 0 Å². The van der Waals surface area contributed by atoms with E-state index in [1.807, 2.05) is 0 Å². The molecular weight excluding hydrogens is 226 g/mol. The van der Waals surface area contributed by atoms with Crippen LogP contribution < -0.4 is 5.32 Å². The number of aliphatic carboxylic acids is 1. The van der Waals surface area contributed by atoms with Gasteiger partial charge in [0.05, 0.1) is 0 Å². The minimum absolute atomic E-state index is 0.457. The number of nitrogens with one attached hydrogen (secondary N) is 1. The molecular formula is C15H19NO2. The smallest absolute Gasteiger partial charge is 0.328 e. The number of allylic oxidation sites excluding steroid dienone is 1. The van der Waals surface area contributed by atoms with Crippen molar-refractivity contribution in [2.24, 2.45) is 0 Å². The van der Waals surface area contributed by atoms with Crippen molar-refractivity contribution in [1.29, 1.82) is 0 Å². The molecule has 0 spiro atoms. The summed E-state index contributed by atoms with van der Waals surface area (Å²) in [5.41, 5.74) is 3.47. The maximum absolute atomic E-state index is 10.6. The fourth-order valence-electron chi connectivity index (χ4n) is 2.34. The van der Waals surface area contributed by atoms with Crippen molar-refractivity contribution < 1.29 is 9.90 Å². The van der Waals surface area contributed by atoms with Crippen LogP contribution in [0, 0.1) is 6.92 Å². The van der Waals surface area contributed by atoms with Gasteiger partial charge in [-0.2, -0.15) is 0 Å². The van der Waals surface area contributed by atoms with Crippen molar-refractivity contribution in [1.82, 2.24) is 0 Å². The Kier molecular flexibility index (Phi) is 4.03. The topological polar surface area (TPSA) is 49.3 Å². The standard InChI is InChI=1S/C15H19NO2/c1-11-2-6-13(7-3-11)16-14-8-4-12(5-9-14)10-15(17)18/h2-3,6-7,10,14,16H,4-5,8-9H2,1H3,(H,17,18). The van der Waals surface area contributed by atoms with Gasteiger partial charge in [0.25, 0.3) is 0 Å². The first-order chi connectivity index (χ1) is 8.63. The third-order valence-electron chi connectivity index (χ3n) is 3.38. The molecule has 18 heavy (non-hydrogen) atoms. The third kappa shape index (κ3) is 3.62. The van der Waals surface area contributed by atoms with E-state index in [0.29, 0.717) is 6.04 Å². The summed E-state index contributed by atoms with van der Waals surface area (Å²) in [6, 6.07) is 8.84. The molecule has 0 bridgehead atoms. The van der Waals surface area contributed by atoms with Crippen LogP contribution in [0.15, 0.2) is 35.9 Å². The zero-order valence-corrected chi connectivity index (χ0v) is 10.6. The van der Waals surface area contributed by atoms with E-state index in [1.54, 1.807) is 0 Å². The number of carboxylic acids is 1. The van der Waals surface area contributed by atoms with Crippen LogP contribution in [0.4, 0.5) is 5.69 Å². The lowest BCUT2D eigenvalue weighted by atomic mass is 9.90. The lowest BCUT2D eigenvalue weighted by Crippen LogP contribution is -2.23. The largest absolute Gasteiger partial charge is 0.478 e. The monoisotopic (exact) mass is 245 g/mol. The average molecular weight is 245 g/mol. The number of rotatable bonds is 3. The molecule has 2 rings (SSSR count). The molecule has 0 aromatic heterocycles. The van der Waals surface area contributed by atoms with Gasteiger partial charge in [-0.3, -0.25) is 0 Å². The number of aryl methyl sites for hydroxylation is 1. The van der Waals surface area contributed by atoms with Crippen LogP contribution in [0.3, 0.4) is 0 Å². The van der Waals surface area contributed by atoms with Crippen molar-refractivity contribution >= 4 is 11.7 Å². The molecule has 96 valence electrons. The second kappa shape index (κ2) is 5.71. The first kappa shape index (κ1) is 12.7. The fourth-order valence-corrected chi connectivity index (χ4v) is 2.34. The number of carbonyl (C=O) groups is 1. The summed E-state index contributed by atoms with van der Waals surface area (Å²) < 4.78 is 0. The van der Waals surface area contributed by atoms with E-state index in [1.165, 1.54) is 11.6 Å². The number of benzene rings is 1. The minimum atomic E-state index is -0.824. The Balaban J connectivity index is 1.87. The van der Waals surface area contributed by atoms with Gasteiger partial charge in [0.15, 0.2) is 0 Å². The molecule has 0 atom stereocenters. The Morgan fingerprint density at radius 2 is 1.89 bits per heavy atom. The molecule has 1 aromatic carbocycles. The van der Waals surface area contributed by atoms with Crippen LogP contribution >= 0.6 is 0 Å². The lowest BCUT2D eigenvalue weighted by molar-refractivity contribution is -0.131. The highest BCUT2D eigenvalue weighted by atomic mass is 16.4. The van der Waals surface area contributed by atoms with Crippen molar-refractivity contribution in [3.8, 4) is 0 Å². The van der Waals surface area contributed by atoms with Gasteiger partial charge in [0.1, 0.15) is 0 Å². The van der Waals surface area contributed by atoms with E-state index in [9.17, 15) is 4.79 Å². The van der Waals surface area contributed by atoms with Gasteiger partial charge in [0.2, 0.25) is 0 Å². The van der Waals surface area contributed by atoms with Crippen molar-refractivity contribution in [3.63, 3.8) is 0 Å². The zero-order chi connectivity index (χ0) is 13.0. The quantitative estimate of drug-likeness (QED) is 0.803. The minimum Gasteiger partial charge on any atom is -0.478 e. The van der Waals surface area contributed by atoms with Gasteiger partial charge in [-0.1, -0.05) is 23.3 Å². The lowest BCUT2D eigenvalue weighted by Gasteiger charge is -2.25. The summed E-state index contributed by atoms with van der Waals surface area (Å²) in [7, 11) is 0. The Labute approximate surface area is 108 Å². The van der Waals surface area contributed by atoms with Gasteiger partial charge >= 0.3 is 5.97 Å². The maximum atomic E-state index is 10.6. The number of anilines is 1. The first-order valence-electron chi connectivity index (χ1n) is 6.39. The molecule has 1 saturated carbocycles. The predicted molar refractivity (Wildman–Crippen MR) is 72.8 cm³/mol. The second-order valence-corrected chi connectivity index (χ2v) is 4.93. The number of hydrogen-bond acceptors (Lipinski definition) is 2. The molecule has 0 saturated heterocycles. The van der Waals surface area contributed by atoms with Gasteiger partial charge in [-0.05, 0) is 44.7 Å². The molecule has 0 amide bonds. The maximum Gasteiger partial charge on any atom is 0.328 e. The van der Waals surface area contributed by atoms with Crippen LogP contribution in [-0.2, 0) is 4.79 Å². The predicted octanol–water partition coefficient (Wildman–Crippen LogP) is 3.36. The molecule has 0 unspecified atom stereocenters. The summed E-state index contributed by atoms with van der Waals surface area (Å²) >= 11 is 0. The Hall–Kier alpha value is -1.77. The molecule has 0 aliphatic heterocycles. The van der Waals surface area contributed by atoms with E-state index in [2.05, 4.69) is 36.5 Å². The van der Waals surface area contributed by atoms with E-state index >= 15 is 0 Å². The summed E-state index contributed by atoms with van der Waals surface area (Å²) in [5, 5.41) is 12.2. The second-order valence-electron chi connectivity index (χ2n) is 4.93. The molecule has 3 nitrogen and oxygen atoms in total. The van der Waals surface area contributed by atoms with Crippen LogP contribution in [0.1, 0.15) is 31.2 Å². The highest BCUT2D eigenvalue weighted by Gasteiger charge is 2.16. The molecule has 0 heterocycles. The van der Waals surface area contributed by atoms with E-state index in [0.717, 1.165) is 36.9 Å². The molecule has 2 N–H and O–H groups in total. The third-order valence-corrected chi connectivity index (χ3v) is 3.38. The zero-order valence-electron chi connectivity index (χ0n) is 10.6. The molecule has 1 aliphatic carbocycles. The van der Waals surface area contributed by atoms with Crippen molar-refractivity contribution in [3.05, 3.63) is 41.5 Å². The fraction of sp³-hybridized carbons (Fsp3) is 0.400. The normalized spacial score (nSPS) is 19.4. The SMILES string of the molecule is Cc1ccc(NC2CCC(=CC(=O)O)CC2)cc1. The summed E-state index contributed by atoms with van der Waals surface area (Å²) in [5.74, 6) is -0.824. The van der Waals surface area contributed by atoms with Crippen molar-refractivity contribution in [2.45, 2.75) is 38.6 Å². The van der Waals surface area contributed by atoms with Gasteiger partial charge in [-0.25, -0.2) is 4.79 Å². The summed E-state index contributed by atoms with van der Waals surface area (Å²) in [6.07, 6.45) is 5.15. The Bertz CT molecular complexity index is 438. The molecule has 0 radical (unpaired) electrons.